The molecule has 150 valence electrons. The molecular weight excluding hydrogens is 411 g/mol. The Kier molecular flexibility index (Phi) is 5.99. The van der Waals surface area contributed by atoms with E-state index in [2.05, 4.69) is 9.97 Å². The van der Waals surface area contributed by atoms with E-state index < -0.39 is 27.3 Å². The average molecular weight is 429 g/mol. The molecule has 2 aromatic rings. The summed E-state index contributed by atoms with van der Waals surface area (Å²) in [5, 5.41) is 0.000518. The van der Waals surface area contributed by atoms with E-state index in [-0.39, 0.29) is 23.4 Å². The normalized spacial score (nSPS) is 16.8. The second-order valence-electron chi connectivity index (χ2n) is 6.32. The molecule has 0 spiro atoms. The monoisotopic (exact) mass is 428 g/mol. The van der Waals surface area contributed by atoms with E-state index in [4.69, 9.17) is 16.3 Å². The van der Waals surface area contributed by atoms with Crippen LogP contribution in [0.2, 0.25) is 5.02 Å². The molecule has 0 aliphatic carbocycles. The van der Waals surface area contributed by atoms with Gasteiger partial charge in [-0.2, -0.15) is 0 Å². The van der Waals surface area contributed by atoms with Crippen molar-refractivity contribution in [3.63, 3.8) is 0 Å². The summed E-state index contributed by atoms with van der Waals surface area (Å²) in [6.45, 7) is 1.01. The van der Waals surface area contributed by atoms with Crippen LogP contribution in [0.5, 0.6) is 5.75 Å². The van der Waals surface area contributed by atoms with Gasteiger partial charge in [0.2, 0.25) is 16.0 Å². The molecule has 3 rings (SSSR count). The lowest BCUT2D eigenvalue weighted by molar-refractivity contribution is 0.0977. The minimum atomic E-state index is -3.82. The van der Waals surface area contributed by atoms with E-state index in [9.17, 15) is 17.6 Å². The zero-order valence-electron chi connectivity index (χ0n) is 14.9. The highest BCUT2D eigenvalue weighted by molar-refractivity contribution is 7.89. The number of sulfonamides is 1. The summed E-state index contributed by atoms with van der Waals surface area (Å²) in [5.74, 6) is -1.37. The van der Waals surface area contributed by atoms with Crippen LogP contribution in [0.1, 0.15) is 23.2 Å². The average Bonchev–Trinajstić information content (AvgIpc) is 3.10. The molecule has 0 bridgehead atoms. The van der Waals surface area contributed by atoms with Crippen molar-refractivity contribution in [3.8, 4) is 5.75 Å². The lowest BCUT2D eigenvalue weighted by Gasteiger charge is -2.24. The maximum atomic E-state index is 14.3. The number of halogens is 2. The molecule has 28 heavy (non-hydrogen) atoms. The van der Waals surface area contributed by atoms with Crippen LogP contribution in [0.4, 0.5) is 10.3 Å². The summed E-state index contributed by atoms with van der Waals surface area (Å²) < 4.78 is 43.9. The first-order chi connectivity index (χ1) is 13.2. The highest BCUT2D eigenvalue weighted by atomic mass is 35.5. The Labute approximate surface area is 166 Å². The number of nitrogens with zero attached hydrogens (tertiary/aromatic N) is 3. The minimum Gasteiger partial charge on any atom is -0.490 e. The Morgan fingerprint density at radius 3 is 2.79 bits per heavy atom. The number of carbonyl (C=O) groups is 1. The highest BCUT2D eigenvalue weighted by Crippen LogP contribution is 2.29. The third kappa shape index (κ3) is 4.87. The van der Waals surface area contributed by atoms with Gasteiger partial charge in [-0.25, -0.2) is 27.5 Å². The van der Waals surface area contributed by atoms with Crippen LogP contribution in [0.3, 0.4) is 0 Å². The van der Waals surface area contributed by atoms with E-state index in [1.807, 2.05) is 4.90 Å². The first-order valence-electron chi connectivity index (χ1n) is 8.42. The van der Waals surface area contributed by atoms with E-state index in [0.717, 1.165) is 37.8 Å². The second kappa shape index (κ2) is 8.27. The van der Waals surface area contributed by atoms with Crippen molar-refractivity contribution in [1.29, 1.82) is 0 Å². The molecular formula is C17H18ClFN4O4S. The summed E-state index contributed by atoms with van der Waals surface area (Å²) in [6, 6.07) is 3.74. The van der Waals surface area contributed by atoms with Gasteiger partial charge in [0.1, 0.15) is 18.2 Å². The number of aromatic nitrogens is 2. The smallest absolute Gasteiger partial charge is 0.267 e. The van der Waals surface area contributed by atoms with Crippen LogP contribution in [0, 0.1) is 5.82 Å². The number of amides is 1. The van der Waals surface area contributed by atoms with Crippen LogP contribution in [0.25, 0.3) is 0 Å². The fourth-order valence-electron chi connectivity index (χ4n) is 2.93. The van der Waals surface area contributed by atoms with Crippen LogP contribution in [-0.2, 0) is 10.0 Å². The Morgan fingerprint density at radius 2 is 2.11 bits per heavy atom. The van der Waals surface area contributed by atoms with Crippen LogP contribution < -0.4 is 14.4 Å². The zero-order valence-corrected chi connectivity index (χ0v) is 16.5. The predicted octanol–water partition coefficient (Wildman–Crippen LogP) is 2.01. The van der Waals surface area contributed by atoms with Gasteiger partial charge < -0.3 is 9.64 Å². The number of benzene rings is 1. The number of nitrogens with one attached hydrogen (secondary N) is 1. The van der Waals surface area contributed by atoms with E-state index in [0.29, 0.717) is 5.95 Å². The van der Waals surface area contributed by atoms with Crippen molar-refractivity contribution in [2.45, 2.75) is 18.9 Å². The molecule has 0 unspecified atom stereocenters. The van der Waals surface area contributed by atoms with Crippen molar-refractivity contribution in [2.24, 2.45) is 0 Å². The van der Waals surface area contributed by atoms with Crippen molar-refractivity contribution in [1.82, 2.24) is 14.7 Å². The molecule has 1 aromatic carbocycles. The van der Waals surface area contributed by atoms with Crippen molar-refractivity contribution < 1.29 is 22.3 Å². The predicted molar refractivity (Wildman–Crippen MR) is 102 cm³/mol. The number of hydrogen-bond acceptors (Lipinski definition) is 7. The maximum Gasteiger partial charge on any atom is 0.267 e. The number of carbonyl (C=O) groups excluding carboxylic acids is 1. The van der Waals surface area contributed by atoms with Gasteiger partial charge in [-0.15, -0.1) is 0 Å². The number of hydrogen-bond donors (Lipinski definition) is 1. The van der Waals surface area contributed by atoms with Gasteiger partial charge in [-0.05, 0) is 25.0 Å². The lowest BCUT2D eigenvalue weighted by atomic mass is 10.2. The highest BCUT2D eigenvalue weighted by Gasteiger charge is 2.27. The van der Waals surface area contributed by atoms with E-state index >= 15 is 0 Å². The Morgan fingerprint density at radius 1 is 1.39 bits per heavy atom. The fraction of sp³-hybridized carbons (Fsp3) is 0.353. The number of anilines is 1. The summed E-state index contributed by atoms with van der Waals surface area (Å²) in [4.78, 5) is 22.3. The Hall–Kier alpha value is -2.46. The molecule has 8 nitrogen and oxygen atoms in total. The van der Waals surface area contributed by atoms with Crippen LogP contribution in [-0.4, -0.2) is 49.7 Å². The van der Waals surface area contributed by atoms with Gasteiger partial charge in [0.25, 0.3) is 5.91 Å². The van der Waals surface area contributed by atoms with Gasteiger partial charge in [0.15, 0.2) is 0 Å². The molecule has 1 amide bonds. The van der Waals surface area contributed by atoms with Gasteiger partial charge in [-0.1, -0.05) is 11.6 Å². The topological polar surface area (TPSA) is 101 Å². The van der Waals surface area contributed by atoms with Gasteiger partial charge in [0.05, 0.1) is 22.9 Å². The van der Waals surface area contributed by atoms with Gasteiger partial charge in [-0.3, -0.25) is 4.79 Å². The Bertz CT molecular complexity index is 975. The van der Waals surface area contributed by atoms with Gasteiger partial charge >= 0.3 is 0 Å². The number of rotatable bonds is 6. The third-order valence-corrected chi connectivity index (χ3v) is 5.01. The van der Waals surface area contributed by atoms with Crippen molar-refractivity contribution in [3.05, 3.63) is 47.0 Å². The summed E-state index contributed by atoms with van der Waals surface area (Å²) in [6.07, 6.45) is 5.91. The van der Waals surface area contributed by atoms with Crippen LogP contribution in [0.15, 0.2) is 30.6 Å². The fourth-order valence-corrected chi connectivity index (χ4v) is 3.60. The summed E-state index contributed by atoms with van der Waals surface area (Å²) in [7, 11) is -3.82. The molecule has 0 radical (unpaired) electrons. The third-order valence-electron chi connectivity index (χ3n) is 4.16. The first kappa shape index (κ1) is 20.3. The minimum absolute atomic E-state index is 0.000518. The van der Waals surface area contributed by atoms with Crippen molar-refractivity contribution >= 4 is 33.5 Å². The molecule has 1 saturated heterocycles. The molecule has 11 heteroatoms. The van der Waals surface area contributed by atoms with Gasteiger partial charge in [0, 0.05) is 25.0 Å². The standard InChI is InChI=1S/C17H18ClFN4O4S/c1-28(25,26)22-16(24)12-8-13(18)15(9-14(12)19)27-10-11-4-2-7-23(11)17-20-5-3-6-21-17/h3,5-6,8-9,11H,2,4,7,10H2,1H3,(H,22,24)/t11-/m1/s1. The lowest BCUT2D eigenvalue weighted by Crippen LogP contribution is -2.35. The molecule has 0 saturated carbocycles. The molecule has 1 aliphatic rings. The Balaban J connectivity index is 1.71. The first-order valence-corrected chi connectivity index (χ1v) is 10.7. The zero-order chi connectivity index (χ0) is 20.3. The SMILES string of the molecule is CS(=O)(=O)NC(=O)c1cc(Cl)c(OC[C@H]2CCCN2c2ncccn2)cc1F. The molecule has 2 heterocycles. The molecule has 1 N–H and O–H groups in total. The van der Waals surface area contributed by atoms with E-state index in [1.165, 1.54) is 0 Å². The van der Waals surface area contributed by atoms with Crippen LogP contribution >= 0.6 is 11.6 Å². The number of ether oxygens (including phenoxy) is 1. The quantitative estimate of drug-likeness (QED) is 0.750. The molecule has 1 fully saturated rings. The largest absolute Gasteiger partial charge is 0.490 e. The van der Waals surface area contributed by atoms with Crippen molar-refractivity contribution in [2.75, 3.05) is 24.3 Å². The molecule has 1 aromatic heterocycles. The van der Waals surface area contributed by atoms with E-state index in [1.54, 1.807) is 23.2 Å². The summed E-state index contributed by atoms with van der Waals surface area (Å²) >= 11 is 6.10. The summed E-state index contributed by atoms with van der Waals surface area (Å²) in [5.41, 5.74) is -0.483. The molecule has 1 atom stereocenters. The molecule has 1 aliphatic heterocycles. The second-order valence-corrected chi connectivity index (χ2v) is 8.47. The maximum absolute atomic E-state index is 14.3.